The predicted octanol–water partition coefficient (Wildman–Crippen LogP) is 6.21. The molecular formula is C18H26. The molecule has 2 aromatic rings. The van der Waals surface area contributed by atoms with E-state index in [9.17, 15) is 0 Å². The summed E-state index contributed by atoms with van der Waals surface area (Å²) in [5, 5.41) is 2.62. The molecule has 0 heterocycles. The van der Waals surface area contributed by atoms with Gasteiger partial charge in [-0.2, -0.15) is 0 Å². The Morgan fingerprint density at radius 3 is 1.17 bits per heavy atom. The van der Waals surface area contributed by atoms with E-state index >= 15 is 0 Å². The van der Waals surface area contributed by atoms with Crippen molar-refractivity contribution in [3.63, 3.8) is 0 Å². The maximum absolute atomic E-state index is 2.26. The molecule has 0 spiro atoms. The summed E-state index contributed by atoms with van der Waals surface area (Å²) in [6, 6.07) is 16.7. The quantitative estimate of drug-likeness (QED) is 0.547. The van der Waals surface area contributed by atoms with E-state index in [0.717, 1.165) is 0 Å². The lowest BCUT2D eigenvalue weighted by Crippen LogP contribution is -1.73. The van der Waals surface area contributed by atoms with E-state index in [1.807, 2.05) is 0 Å². The lowest BCUT2D eigenvalue weighted by molar-refractivity contribution is 0.624. The summed E-state index contributed by atoms with van der Waals surface area (Å²) in [5.74, 6) is 0. The van der Waals surface area contributed by atoms with E-state index in [2.05, 4.69) is 62.4 Å². The highest BCUT2D eigenvalue weighted by Crippen LogP contribution is 2.11. The molecule has 0 aliphatic heterocycles. The van der Waals surface area contributed by atoms with Crippen molar-refractivity contribution in [1.82, 2.24) is 0 Å². The molecule has 0 saturated carbocycles. The normalized spacial score (nSPS) is 9.89. The molecule has 98 valence electrons. The first-order chi connectivity index (χ1) is 8.88. The maximum atomic E-state index is 2.26. The van der Waals surface area contributed by atoms with Crippen molar-refractivity contribution in [2.24, 2.45) is 0 Å². The van der Waals surface area contributed by atoms with Crippen LogP contribution in [0.5, 0.6) is 0 Å². The SMILES string of the molecule is CCCCCCCC.c1ccc2ccccc2c1. The summed E-state index contributed by atoms with van der Waals surface area (Å²) in [4.78, 5) is 0. The lowest BCUT2D eigenvalue weighted by atomic mass is 10.1. The second-order valence-corrected chi connectivity index (χ2v) is 4.76. The van der Waals surface area contributed by atoms with Crippen molar-refractivity contribution < 1.29 is 0 Å². The molecule has 0 fully saturated rings. The second kappa shape index (κ2) is 9.70. The Hall–Kier alpha value is -1.30. The molecule has 2 aromatic carbocycles. The van der Waals surface area contributed by atoms with Gasteiger partial charge in [-0.05, 0) is 10.8 Å². The van der Waals surface area contributed by atoms with Crippen LogP contribution < -0.4 is 0 Å². The Kier molecular flexibility index (Phi) is 7.96. The zero-order valence-electron chi connectivity index (χ0n) is 11.9. The molecule has 0 atom stereocenters. The molecule has 0 amide bonds. The Morgan fingerprint density at radius 2 is 0.889 bits per heavy atom. The monoisotopic (exact) mass is 242 g/mol. The largest absolute Gasteiger partial charge is 0.0654 e. The highest BCUT2D eigenvalue weighted by Gasteiger charge is 1.85. The molecule has 0 aromatic heterocycles. The van der Waals surface area contributed by atoms with Gasteiger partial charge in [0.25, 0.3) is 0 Å². The van der Waals surface area contributed by atoms with Gasteiger partial charge >= 0.3 is 0 Å². The zero-order chi connectivity index (χ0) is 13.1. The molecule has 0 saturated heterocycles. The second-order valence-electron chi connectivity index (χ2n) is 4.76. The van der Waals surface area contributed by atoms with Gasteiger partial charge in [-0.25, -0.2) is 0 Å². The Balaban J connectivity index is 0.000000187. The van der Waals surface area contributed by atoms with Gasteiger partial charge in [0.2, 0.25) is 0 Å². The topological polar surface area (TPSA) is 0 Å². The van der Waals surface area contributed by atoms with Crippen molar-refractivity contribution in [2.75, 3.05) is 0 Å². The maximum Gasteiger partial charge on any atom is -0.0184 e. The van der Waals surface area contributed by atoms with Crippen LogP contribution in [-0.4, -0.2) is 0 Å². The van der Waals surface area contributed by atoms with Gasteiger partial charge in [0.15, 0.2) is 0 Å². The third-order valence-corrected chi connectivity index (χ3v) is 3.12. The van der Waals surface area contributed by atoms with Crippen molar-refractivity contribution in [3.8, 4) is 0 Å². The Bertz CT molecular complexity index is 346. The van der Waals surface area contributed by atoms with E-state index in [1.54, 1.807) is 0 Å². The molecule has 0 aliphatic rings. The van der Waals surface area contributed by atoms with Crippen molar-refractivity contribution in [2.45, 2.75) is 52.4 Å². The average Bonchev–Trinajstić information content (AvgIpc) is 2.45. The molecule has 0 radical (unpaired) electrons. The number of fused-ring (bicyclic) bond motifs is 1. The van der Waals surface area contributed by atoms with E-state index in [1.165, 1.54) is 49.3 Å². The van der Waals surface area contributed by atoms with Gasteiger partial charge < -0.3 is 0 Å². The molecular weight excluding hydrogens is 216 g/mol. The fourth-order valence-electron chi connectivity index (χ4n) is 1.99. The molecule has 2 rings (SSSR count). The minimum atomic E-state index is 1.31. The number of hydrogen-bond acceptors (Lipinski definition) is 0. The highest BCUT2D eigenvalue weighted by molar-refractivity contribution is 5.81. The Morgan fingerprint density at radius 1 is 0.556 bits per heavy atom. The van der Waals surface area contributed by atoms with Crippen LogP contribution >= 0.6 is 0 Å². The van der Waals surface area contributed by atoms with Crippen molar-refractivity contribution in [3.05, 3.63) is 48.5 Å². The molecule has 0 aliphatic carbocycles. The fourth-order valence-corrected chi connectivity index (χ4v) is 1.99. The van der Waals surface area contributed by atoms with Crippen LogP contribution in [0, 0.1) is 0 Å². The van der Waals surface area contributed by atoms with Gasteiger partial charge in [-0.3, -0.25) is 0 Å². The van der Waals surface area contributed by atoms with Crippen molar-refractivity contribution >= 4 is 10.8 Å². The van der Waals surface area contributed by atoms with Crippen LogP contribution in [-0.2, 0) is 0 Å². The van der Waals surface area contributed by atoms with Gasteiger partial charge in [0, 0.05) is 0 Å². The van der Waals surface area contributed by atoms with E-state index in [-0.39, 0.29) is 0 Å². The average molecular weight is 242 g/mol. The van der Waals surface area contributed by atoms with Crippen LogP contribution in [0.15, 0.2) is 48.5 Å². The highest BCUT2D eigenvalue weighted by atomic mass is 13.9. The number of rotatable bonds is 5. The van der Waals surface area contributed by atoms with Gasteiger partial charge in [-0.15, -0.1) is 0 Å². The zero-order valence-corrected chi connectivity index (χ0v) is 11.9. The minimum absolute atomic E-state index is 1.31. The lowest BCUT2D eigenvalue weighted by Gasteiger charge is -1.93. The van der Waals surface area contributed by atoms with E-state index in [0.29, 0.717) is 0 Å². The molecule has 0 bridgehead atoms. The van der Waals surface area contributed by atoms with Crippen LogP contribution in [0.4, 0.5) is 0 Å². The summed E-state index contributed by atoms with van der Waals surface area (Å²) in [7, 11) is 0. The summed E-state index contributed by atoms with van der Waals surface area (Å²) in [6.07, 6.45) is 8.49. The minimum Gasteiger partial charge on any atom is -0.0654 e. The fraction of sp³-hybridized carbons (Fsp3) is 0.444. The number of benzene rings is 2. The third kappa shape index (κ3) is 5.86. The molecule has 0 N–H and O–H groups in total. The summed E-state index contributed by atoms with van der Waals surface area (Å²) in [5.41, 5.74) is 0. The van der Waals surface area contributed by atoms with Crippen LogP contribution in [0.1, 0.15) is 52.4 Å². The van der Waals surface area contributed by atoms with Gasteiger partial charge in [0.1, 0.15) is 0 Å². The molecule has 0 nitrogen and oxygen atoms in total. The van der Waals surface area contributed by atoms with Crippen LogP contribution in [0.2, 0.25) is 0 Å². The Labute approximate surface area is 112 Å². The third-order valence-electron chi connectivity index (χ3n) is 3.12. The van der Waals surface area contributed by atoms with Gasteiger partial charge in [-0.1, -0.05) is 101 Å². The summed E-state index contributed by atoms with van der Waals surface area (Å²) < 4.78 is 0. The first-order valence-corrected chi connectivity index (χ1v) is 7.32. The van der Waals surface area contributed by atoms with Crippen molar-refractivity contribution in [1.29, 1.82) is 0 Å². The summed E-state index contributed by atoms with van der Waals surface area (Å²) >= 11 is 0. The molecule has 0 heteroatoms. The first kappa shape index (κ1) is 14.8. The molecule has 18 heavy (non-hydrogen) atoms. The van der Waals surface area contributed by atoms with Gasteiger partial charge in [0.05, 0.1) is 0 Å². The smallest absolute Gasteiger partial charge is 0.0184 e. The standard InChI is InChI=1S/C10H8.C8H18/c1-2-6-10-8-4-3-7-9(10)5-1;1-3-5-7-8-6-4-2/h1-8H;3-8H2,1-2H3. The van der Waals surface area contributed by atoms with E-state index in [4.69, 9.17) is 0 Å². The van der Waals surface area contributed by atoms with Crippen LogP contribution in [0.3, 0.4) is 0 Å². The van der Waals surface area contributed by atoms with Crippen LogP contribution in [0.25, 0.3) is 10.8 Å². The predicted molar refractivity (Wildman–Crippen MR) is 83.0 cm³/mol. The number of hydrogen-bond donors (Lipinski definition) is 0. The van der Waals surface area contributed by atoms with E-state index < -0.39 is 0 Å². The number of unbranched alkanes of at least 4 members (excludes halogenated alkanes) is 5. The molecule has 0 unspecified atom stereocenters. The summed E-state index contributed by atoms with van der Waals surface area (Å²) in [6.45, 7) is 4.51. The first-order valence-electron chi connectivity index (χ1n) is 7.32.